The highest BCUT2D eigenvalue weighted by molar-refractivity contribution is 6.34. The maximum Gasteiger partial charge on any atom is 0.337 e. The van der Waals surface area contributed by atoms with E-state index in [1.165, 1.54) is 23.1 Å². The summed E-state index contributed by atoms with van der Waals surface area (Å²) in [5, 5.41) is 19.1. The van der Waals surface area contributed by atoms with Gasteiger partial charge < -0.3 is 16.2 Å². The van der Waals surface area contributed by atoms with Crippen molar-refractivity contribution in [2.45, 2.75) is 6.92 Å². The summed E-state index contributed by atoms with van der Waals surface area (Å²) in [6, 6.07) is 9.46. The van der Waals surface area contributed by atoms with Crippen molar-refractivity contribution in [1.29, 1.82) is 0 Å². The SMILES string of the molecule is Cc1cccc(NC(=O)Nc2ccc(-c3c(C(=O)O)cn4ncnc(N)c34)cc2Cl)n1. The van der Waals surface area contributed by atoms with Gasteiger partial charge in [0.05, 0.1) is 16.3 Å². The molecule has 0 radical (unpaired) electrons. The van der Waals surface area contributed by atoms with Gasteiger partial charge in [-0.3, -0.25) is 5.32 Å². The van der Waals surface area contributed by atoms with Gasteiger partial charge in [0.2, 0.25) is 0 Å². The van der Waals surface area contributed by atoms with Crippen molar-refractivity contribution < 1.29 is 14.7 Å². The number of aromatic carboxylic acids is 1. The van der Waals surface area contributed by atoms with E-state index in [1.807, 2.05) is 13.0 Å². The van der Waals surface area contributed by atoms with Gasteiger partial charge in [-0.2, -0.15) is 5.10 Å². The van der Waals surface area contributed by atoms with Gasteiger partial charge in [0.25, 0.3) is 0 Å². The lowest BCUT2D eigenvalue weighted by Crippen LogP contribution is -2.20. The number of anilines is 3. The fourth-order valence-electron chi connectivity index (χ4n) is 3.14. The van der Waals surface area contributed by atoms with E-state index in [2.05, 4.69) is 25.7 Å². The maximum atomic E-state index is 12.3. The van der Waals surface area contributed by atoms with Crippen LogP contribution in [0, 0.1) is 6.92 Å². The molecule has 0 aliphatic rings. The minimum Gasteiger partial charge on any atom is -0.478 e. The second kappa shape index (κ2) is 7.92. The number of hydrogen-bond donors (Lipinski definition) is 4. The number of carboxylic acid groups (broad SMARTS) is 1. The van der Waals surface area contributed by atoms with Crippen LogP contribution in [0.1, 0.15) is 16.1 Å². The Balaban J connectivity index is 1.66. The highest BCUT2D eigenvalue weighted by Gasteiger charge is 2.21. The molecule has 156 valence electrons. The van der Waals surface area contributed by atoms with Crippen molar-refractivity contribution >= 4 is 46.4 Å². The summed E-state index contributed by atoms with van der Waals surface area (Å²) in [7, 11) is 0. The molecule has 1 aromatic carbocycles. The van der Waals surface area contributed by atoms with Gasteiger partial charge >= 0.3 is 12.0 Å². The molecule has 5 N–H and O–H groups in total. The number of hydrogen-bond acceptors (Lipinski definition) is 6. The second-order valence-electron chi connectivity index (χ2n) is 6.60. The van der Waals surface area contributed by atoms with Crippen molar-refractivity contribution in [3.05, 3.63) is 65.2 Å². The zero-order valence-electron chi connectivity index (χ0n) is 16.1. The summed E-state index contributed by atoms with van der Waals surface area (Å²) in [5.74, 6) is -0.629. The third-order valence-electron chi connectivity index (χ3n) is 4.47. The van der Waals surface area contributed by atoms with Gasteiger partial charge in [-0.05, 0) is 36.8 Å². The predicted molar refractivity (Wildman–Crippen MR) is 116 cm³/mol. The van der Waals surface area contributed by atoms with E-state index in [-0.39, 0.29) is 16.4 Å². The number of fused-ring (bicyclic) bond motifs is 1. The largest absolute Gasteiger partial charge is 0.478 e. The zero-order valence-corrected chi connectivity index (χ0v) is 16.9. The van der Waals surface area contributed by atoms with Crippen molar-refractivity contribution in [3.8, 4) is 11.1 Å². The molecule has 0 unspecified atom stereocenters. The quantitative estimate of drug-likeness (QED) is 0.380. The molecule has 2 amide bonds. The number of pyridine rings is 1. The summed E-state index contributed by atoms with van der Waals surface area (Å²) in [5.41, 5.74) is 8.20. The fourth-order valence-corrected chi connectivity index (χ4v) is 3.37. The molecule has 0 aliphatic carbocycles. The first-order valence-corrected chi connectivity index (χ1v) is 9.38. The number of halogens is 1. The summed E-state index contributed by atoms with van der Waals surface area (Å²) in [4.78, 5) is 32.2. The lowest BCUT2D eigenvalue weighted by atomic mass is 10.0. The van der Waals surface area contributed by atoms with Crippen LogP contribution < -0.4 is 16.4 Å². The average Bonchev–Trinajstić information content (AvgIpc) is 3.11. The molecular weight excluding hydrogens is 422 g/mol. The molecule has 0 bridgehead atoms. The molecule has 31 heavy (non-hydrogen) atoms. The summed E-state index contributed by atoms with van der Waals surface area (Å²) in [6.45, 7) is 1.81. The molecule has 0 atom stereocenters. The Morgan fingerprint density at radius 1 is 1.19 bits per heavy atom. The minimum absolute atomic E-state index is 0.00718. The van der Waals surface area contributed by atoms with Gasteiger partial charge in [0.15, 0.2) is 5.82 Å². The Bertz CT molecular complexity index is 1340. The van der Waals surface area contributed by atoms with Crippen LogP contribution >= 0.6 is 11.6 Å². The average molecular weight is 438 g/mol. The highest BCUT2D eigenvalue weighted by atomic mass is 35.5. The summed E-state index contributed by atoms with van der Waals surface area (Å²) in [6.07, 6.45) is 2.59. The van der Waals surface area contributed by atoms with Crippen molar-refractivity contribution in [2.75, 3.05) is 16.4 Å². The van der Waals surface area contributed by atoms with Crippen molar-refractivity contribution in [2.24, 2.45) is 0 Å². The van der Waals surface area contributed by atoms with Crippen LogP contribution in [0.25, 0.3) is 16.6 Å². The van der Waals surface area contributed by atoms with Crippen LogP contribution in [0.4, 0.5) is 22.1 Å². The Morgan fingerprint density at radius 3 is 2.71 bits per heavy atom. The Hall–Kier alpha value is -4.18. The number of nitrogens with two attached hydrogens (primary N) is 1. The molecule has 4 rings (SSSR count). The highest BCUT2D eigenvalue weighted by Crippen LogP contribution is 2.35. The van der Waals surface area contributed by atoms with E-state index in [0.29, 0.717) is 28.1 Å². The van der Waals surface area contributed by atoms with E-state index in [4.69, 9.17) is 17.3 Å². The first-order chi connectivity index (χ1) is 14.8. The van der Waals surface area contributed by atoms with Crippen LogP contribution in [0.15, 0.2) is 48.9 Å². The minimum atomic E-state index is -1.15. The molecule has 4 aromatic rings. The van der Waals surface area contributed by atoms with E-state index in [0.717, 1.165) is 5.69 Å². The molecule has 0 aliphatic heterocycles. The van der Waals surface area contributed by atoms with Gasteiger partial charge in [0, 0.05) is 17.5 Å². The predicted octanol–water partition coefficient (Wildman–Crippen LogP) is 3.68. The third-order valence-corrected chi connectivity index (χ3v) is 4.78. The second-order valence-corrected chi connectivity index (χ2v) is 7.01. The van der Waals surface area contributed by atoms with Gasteiger partial charge in [-0.1, -0.05) is 23.7 Å². The fraction of sp³-hybridized carbons (Fsp3) is 0.0500. The summed E-state index contributed by atoms with van der Waals surface area (Å²) >= 11 is 6.37. The molecule has 3 heterocycles. The normalized spacial score (nSPS) is 10.8. The Morgan fingerprint density at radius 2 is 2.00 bits per heavy atom. The number of nitrogens with zero attached hydrogens (tertiary/aromatic N) is 4. The number of nitrogen functional groups attached to an aromatic ring is 1. The Labute approximate surface area is 180 Å². The Kier molecular flexibility index (Phi) is 5.14. The van der Waals surface area contributed by atoms with Crippen LogP contribution in [0.2, 0.25) is 5.02 Å². The van der Waals surface area contributed by atoms with E-state index < -0.39 is 12.0 Å². The maximum absolute atomic E-state index is 12.3. The first-order valence-electron chi connectivity index (χ1n) is 9.00. The lowest BCUT2D eigenvalue weighted by Gasteiger charge is -2.11. The molecule has 10 nitrogen and oxygen atoms in total. The number of amides is 2. The topological polar surface area (TPSA) is 148 Å². The molecule has 0 spiro atoms. The molecule has 11 heteroatoms. The standard InChI is InChI=1S/C20H16ClN7O3/c1-10-3-2-4-15(25-10)27-20(31)26-14-6-5-11(7-13(14)21)16-12(19(29)30)8-28-17(16)18(22)23-9-24-28/h2-9H,1H3,(H,29,30)(H2,22,23,24)(H2,25,26,27,31). The van der Waals surface area contributed by atoms with Crippen LogP contribution in [-0.4, -0.2) is 36.7 Å². The van der Waals surface area contributed by atoms with Gasteiger partial charge in [0.1, 0.15) is 17.7 Å². The molecule has 3 aromatic heterocycles. The van der Waals surface area contributed by atoms with Gasteiger partial charge in [-0.25, -0.2) is 24.1 Å². The van der Waals surface area contributed by atoms with E-state index >= 15 is 0 Å². The van der Waals surface area contributed by atoms with E-state index in [9.17, 15) is 14.7 Å². The number of carboxylic acids is 1. The number of rotatable bonds is 4. The van der Waals surface area contributed by atoms with Crippen molar-refractivity contribution in [1.82, 2.24) is 19.6 Å². The van der Waals surface area contributed by atoms with Crippen LogP contribution in [-0.2, 0) is 0 Å². The smallest absolute Gasteiger partial charge is 0.337 e. The van der Waals surface area contributed by atoms with Crippen molar-refractivity contribution in [3.63, 3.8) is 0 Å². The number of carbonyl (C=O) groups is 2. The van der Waals surface area contributed by atoms with Crippen LogP contribution in [0.3, 0.4) is 0 Å². The first kappa shape index (κ1) is 20.1. The number of urea groups is 1. The monoisotopic (exact) mass is 437 g/mol. The molecule has 0 saturated carbocycles. The summed E-state index contributed by atoms with van der Waals surface area (Å²) < 4.78 is 1.35. The lowest BCUT2D eigenvalue weighted by molar-refractivity contribution is 0.0697. The number of carbonyl (C=O) groups excluding carboxylic acids is 1. The van der Waals surface area contributed by atoms with E-state index in [1.54, 1.807) is 24.3 Å². The molecule has 0 fully saturated rings. The number of aryl methyl sites for hydroxylation is 1. The number of aromatic nitrogens is 4. The molecule has 0 saturated heterocycles. The van der Waals surface area contributed by atoms with Crippen LogP contribution in [0.5, 0.6) is 0 Å². The number of nitrogens with one attached hydrogen (secondary N) is 2. The molecular formula is C20H16ClN7O3. The third kappa shape index (κ3) is 3.96. The zero-order chi connectivity index (χ0) is 22.1. The number of benzene rings is 1. The van der Waals surface area contributed by atoms with Gasteiger partial charge in [-0.15, -0.1) is 0 Å².